The summed E-state index contributed by atoms with van der Waals surface area (Å²) in [6.07, 6.45) is 0.285. The largest absolute Gasteiger partial charge is 0.399 e. The molecular weight excluding hydrogens is 462 g/mol. The molecule has 1 atom stereocenters. The molecule has 1 aliphatic heterocycles. The van der Waals surface area contributed by atoms with Crippen molar-refractivity contribution in [2.75, 3.05) is 19.0 Å². The Labute approximate surface area is 206 Å². The molecule has 5 rings (SSSR count). The number of aromatic nitrogens is 2. The first-order valence-corrected chi connectivity index (χ1v) is 11.9. The molecule has 1 fully saturated rings. The maximum Gasteiger partial charge on any atom is 0.247 e. The van der Waals surface area contributed by atoms with Crippen molar-refractivity contribution in [3.63, 3.8) is 0 Å². The highest BCUT2D eigenvalue weighted by Gasteiger charge is 2.41. The van der Waals surface area contributed by atoms with Gasteiger partial charge in [0.1, 0.15) is 24.2 Å². The molecule has 3 aromatic carbocycles. The molecule has 176 valence electrons. The smallest absolute Gasteiger partial charge is 0.247 e. The molecule has 0 saturated carbocycles. The maximum absolute atomic E-state index is 14.1. The zero-order chi connectivity index (χ0) is 24.2. The maximum atomic E-state index is 14.1. The van der Waals surface area contributed by atoms with Gasteiger partial charge >= 0.3 is 0 Å². The number of carbonyl (C=O) groups is 2. The van der Waals surface area contributed by atoms with Crippen LogP contribution in [0.5, 0.6) is 0 Å². The van der Waals surface area contributed by atoms with Crippen molar-refractivity contribution in [1.29, 1.82) is 0 Å². The number of anilines is 1. The van der Waals surface area contributed by atoms with Crippen LogP contribution < -0.4 is 5.32 Å². The average Bonchev–Trinajstić information content (AvgIpc) is 3.54. The summed E-state index contributed by atoms with van der Waals surface area (Å²) in [5.41, 5.74) is 4.25. The SMILES string of the molecule is CO/N=C1\CC(C(=O)Nc2cccc3nsnc23)N(C(=O)C(c2ccccc2)c2ccccc2)C1. The number of likely N-dealkylation sites (tertiary alicyclic amines) is 1. The van der Waals surface area contributed by atoms with Crippen LogP contribution in [0, 0.1) is 0 Å². The third-order valence-electron chi connectivity index (χ3n) is 6.02. The first kappa shape index (κ1) is 22.7. The number of nitrogens with zero attached hydrogens (tertiary/aromatic N) is 4. The number of hydrogen-bond donors (Lipinski definition) is 1. The Kier molecular flexibility index (Phi) is 6.49. The number of nitrogens with one attached hydrogen (secondary N) is 1. The van der Waals surface area contributed by atoms with Crippen LogP contribution in [0.3, 0.4) is 0 Å². The van der Waals surface area contributed by atoms with Crippen LogP contribution in [0.4, 0.5) is 5.69 Å². The monoisotopic (exact) mass is 485 g/mol. The summed E-state index contributed by atoms with van der Waals surface area (Å²) in [4.78, 5) is 34.1. The summed E-state index contributed by atoms with van der Waals surface area (Å²) >= 11 is 1.09. The van der Waals surface area contributed by atoms with E-state index in [-0.39, 0.29) is 24.8 Å². The lowest BCUT2D eigenvalue weighted by atomic mass is 9.90. The lowest BCUT2D eigenvalue weighted by Gasteiger charge is -2.28. The number of rotatable bonds is 6. The summed E-state index contributed by atoms with van der Waals surface area (Å²) in [7, 11) is 1.46. The van der Waals surface area contributed by atoms with E-state index in [1.165, 1.54) is 7.11 Å². The fraction of sp³-hybridized carbons (Fsp3) is 0.192. The highest BCUT2D eigenvalue weighted by Crippen LogP contribution is 2.31. The van der Waals surface area contributed by atoms with E-state index in [0.29, 0.717) is 22.4 Å². The molecule has 0 spiro atoms. The van der Waals surface area contributed by atoms with E-state index >= 15 is 0 Å². The third kappa shape index (κ3) is 4.63. The first-order valence-electron chi connectivity index (χ1n) is 11.2. The second-order valence-electron chi connectivity index (χ2n) is 8.21. The minimum Gasteiger partial charge on any atom is -0.399 e. The number of benzene rings is 3. The van der Waals surface area contributed by atoms with Crippen LogP contribution in [-0.4, -0.2) is 50.9 Å². The number of fused-ring (bicyclic) bond motifs is 1. The first-order chi connectivity index (χ1) is 17.2. The summed E-state index contributed by atoms with van der Waals surface area (Å²) in [6.45, 7) is 0.212. The molecule has 2 heterocycles. The second kappa shape index (κ2) is 10.0. The molecule has 0 aliphatic carbocycles. The topological polar surface area (TPSA) is 96.8 Å². The van der Waals surface area contributed by atoms with E-state index in [4.69, 9.17) is 4.84 Å². The van der Waals surface area contributed by atoms with Crippen LogP contribution in [-0.2, 0) is 14.4 Å². The van der Waals surface area contributed by atoms with Gasteiger partial charge in [0.2, 0.25) is 11.8 Å². The van der Waals surface area contributed by atoms with Crippen molar-refractivity contribution >= 4 is 46.0 Å². The molecule has 1 unspecified atom stereocenters. The Morgan fingerprint density at radius 1 is 1.00 bits per heavy atom. The predicted molar refractivity (Wildman–Crippen MR) is 135 cm³/mol. The van der Waals surface area contributed by atoms with Crippen LogP contribution in [0.1, 0.15) is 23.5 Å². The van der Waals surface area contributed by atoms with Gasteiger partial charge in [-0.1, -0.05) is 71.9 Å². The van der Waals surface area contributed by atoms with Gasteiger partial charge in [0, 0.05) is 6.42 Å². The molecule has 1 saturated heterocycles. The number of carbonyl (C=O) groups excluding carboxylic acids is 2. The summed E-state index contributed by atoms with van der Waals surface area (Å²) in [5, 5.41) is 7.02. The Bertz CT molecular complexity index is 1330. The van der Waals surface area contributed by atoms with Gasteiger partial charge in [-0.25, -0.2) is 0 Å². The van der Waals surface area contributed by atoms with Gasteiger partial charge in [-0.3, -0.25) is 9.59 Å². The molecule has 1 aliphatic rings. The zero-order valence-corrected chi connectivity index (χ0v) is 19.8. The van der Waals surface area contributed by atoms with Crippen molar-refractivity contribution in [2.24, 2.45) is 5.16 Å². The molecule has 9 heteroatoms. The van der Waals surface area contributed by atoms with Crippen molar-refractivity contribution < 1.29 is 14.4 Å². The van der Waals surface area contributed by atoms with Gasteiger partial charge in [-0.2, -0.15) is 8.75 Å². The van der Waals surface area contributed by atoms with Crippen molar-refractivity contribution in [2.45, 2.75) is 18.4 Å². The van der Waals surface area contributed by atoms with Gasteiger partial charge < -0.3 is 15.1 Å². The molecular formula is C26H23N5O3S. The second-order valence-corrected chi connectivity index (χ2v) is 8.74. The lowest BCUT2D eigenvalue weighted by molar-refractivity contribution is -0.137. The average molecular weight is 486 g/mol. The van der Waals surface area contributed by atoms with Gasteiger partial charge in [-0.15, -0.1) is 0 Å². The van der Waals surface area contributed by atoms with E-state index in [1.807, 2.05) is 72.8 Å². The van der Waals surface area contributed by atoms with Gasteiger partial charge in [-0.05, 0) is 23.3 Å². The molecule has 2 amide bonds. The van der Waals surface area contributed by atoms with E-state index in [1.54, 1.807) is 11.0 Å². The standard InChI is InChI=1S/C26H23N5O3S/c1-34-28-19-15-22(25(32)27-20-13-8-14-21-24(20)30-35-29-21)31(16-19)26(33)23(17-9-4-2-5-10-17)18-11-6-3-7-12-18/h2-14,22-23H,15-16H2,1H3,(H,27,32)/b28-19+. The Balaban J connectivity index is 1.49. The lowest BCUT2D eigenvalue weighted by Crippen LogP contribution is -2.45. The van der Waals surface area contributed by atoms with Gasteiger partial charge in [0.25, 0.3) is 0 Å². The minimum atomic E-state index is -0.742. The Morgan fingerprint density at radius 2 is 1.69 bits per heavy atom. The highest BCUT2D eigenvalue weighted by molar-refractivity contribution is 7.00. The molecule has 0 bridgehead atoms. The third-order valence-corrected chi connectivity index (χ3v) is 6.56. The minimum absolute atomic E-state index is 0.169. The van der Waals surface area contributed by atoms with Gasteiger partial charge in [0.05, 0.1) is 35.6 Å². The van der Waals surface area contributed by atoms with Crippen LogP contribution in [0.25, 0.3) is 11.0 Å². The fourth-order valence-corrected chi connectivity index (χ4v) is 4.97. The molecule has 0 radical (unpaired) electrons. The Hall–Kier alpha value is -4.11. The van der Waals surface area contributed by atoms with E-state index in [9.17, 15) is 9.59 Å². The summed E-state index contributed by atoms with van der Waals surface area (Å²) in [5.74, 6) is -1.03. The zero-order valence-electron chi connectivity index (χ0n) is 19.0. The van der Waals surface area contributed by atoms with Crippen LogP contribution in [0.15, 0.2) is 84.0 Å². The molecule has 1 N–H and O–H groups in total. The Morgan fingerprint density at radius 3 is 2.34 bits per heavy atom. The van der Waals surface area contributed by atoms with Gasteiger partial charge in [0.15, 0.2) is 0 Å². The van der Waals surface area contributed by atoms with Crippen LogP contribution in [0.2, 0.25) is 0 Å². The number of oxime groups is 1. The summed E-state index contributed by atoms with van der Waals surface area (Å²) in [6, 6.07) is 23.9. The summed E-state index contributed by atoms with van der Waals surface area (Å²) < 4.78 is 8.53. The fourth-order valence-electron chi connectivity index (χ4n) is 4.42. The van der Waals surface area contributed by atoms with Crippen molar-refractivity contribution in [3.8, 4) is 0 Å². The van der Waals surface area contributed by atoms with Crippen molar-refractivity contribution in [1.82, 2.24) is 13.6 Å². The normalized spacial score (nSPS) is 16.7. The molecule has 4 aromatic rings. The molecule has 35 heavy (non-hydrogen) atoms. The highest BCUT2D eigenvalue weighted by atomic mass is 32.1. The quantitative estimate of drug-likeness (QED) is 0.416. The predicted octanol–water partition coefficient (Wildman–Crippen LogP) is 4.07. The van der Waals surface area contributed by atoms with Crippen molar-refractivity contribution in [3.05, 3.63) is 90.0 Å². The number of hydrogen-bond acceptors (Lipinski definition) is 7. The van der Waals surface area contributed by atoms with E-state index < -0.39 is 12.0 Å². The van der Waals surface area contributed by atoms with E-state index in [0.717, 1.165) is 22.9 Å². The molecule has 8 nitrogen and oxygen atoms in total. The molecule has 1 aromatic heterocycles. The van der Waals surface area contributed by atoms with Crippen LogP contribution >= 0.6 is 11.7 Å². The van der Waals surface area contributed by atoms with E-state index in [2.05, 4.69) is 19.2 Å². The number of amides is 2.